The van der Waals surface area contributed by atoms with Crippen LogP contribution < -0.4 is 10.5 Å². The van der Waals surface area contributed by atoms with Crippen molar-refractivity contribution in [3.63, 3.8) is 0 Å². The minimum absolute atomic E-state index is 0.327. The molecular formula is C14H16BrN3O. The third-order valence-electron chi connectivity index (χ3n) is 2.64. The van der Waals surface area contributed by atoms with Crippen LogP contribution in [0.1, 0.15) is 31.2 Å². The Hall–Kier alpha value is -1.62. The molecule has 5 heteroatoms. The summed E-state index contributed by atoms with van der Waals surface area (Å²) in [6.07, 6.45) is 0. The number of aryl methyl sites for hydroxylation is 1. The van der Waals surface area contributed by atoms with Gasteiger partial charge in [0.15, 0.2) is 0 Å². The molecule has 19 heavy (non-hydrogen) atoms. The molecule has 0 aliphatic rings. The van der Waals surface area contributed by atoms with E-state index in [9.17, 15) is 0 Å². The first kappa shape index (κ1) is 13.8. The van der Waals surface area contributed by atoms with Gasteiger partial charge in [-0.05, 0) is 47.0 Å². The standard InChI is InChI=1S/C14H16BrN3O/c1-8(2)11-7-9(3)17-14(18-11)19-12-6-4-5-10(16)13(12)15/h4-8H,16H2,1-3H3. The van der Waals surface area contributed by atoms with E-state index in [0.29, 0.717) is 27.8 Å². The average Bonchev–Trinajstić information content (AvgIpc) is 2.34. The molecule has 0 bridgehead atoms. The summed E-state index contributed by atoms with van der Waals surface area (Å²) in [5.74, 6) is 0.939. The third kappa shape index (κ3) is 3.23. The molecule has 100 valence electrons. The number of rotatable bonds is 3. The van der Waals surface area contributed by atoms with Gasteiger partial charge in [-0.25, -0.2) is 4.98 Å². The van der Waals surface area contributed by atoms with Crippen molar-refractivity contribution in [1.29, 1.82) is 0 Å². The smallest absolute Gasteiger partial charge is 0.322 e. The number of aromatic nitrogens is 2. The Bertz CT molecular complexity index is 599. The average molecular weight is 322 g/mol. The van der Waals surface area contributed by atoms with Crippen LogP contribution >= 0.6 is 15.9 Å². The van der Waals surface area contributed by atoms with Gasteiger partial charge in [0, 0.05) is 11.4 Å². The van der Waals surface area contributed by atoms with Crippen molar-refractivity contribution < 1.29 is 4.74 Å². The van der Waals surface area contributed by atoms with Crippen LogP contribution in [-0.4, -0.2) is 9.97 Å². The van der Waals surface area contributed by atoms with Crippen molar-refractivity contribution in [2.24, 2.45) is 0 Å². The van der Waals surface area contributed by atoms with Crippen molar-refractivity contribution in [3.8, 4) is 11.8 Å². The SMILES string of the molecule is Cc1cc(C(C)C)nc(Oc2cccc(N)c2Br)n1. The predicted octanol–water partition coefficient (Wildman–Crippen LogP) is 4.05. The molecule has 0 aliphatic heterocycles. The van der Waals surface area contributed by atoms with Gasteiger partial charge in [0.25, 0.3) is 0 Å². The van der Waals surface area contributed by atoms with E-state index < -0.39 is 0 Å². The first-order chi connectivity index (χ1) is 8.97. The summed E-state index contributed by atoms with van der Waals surface area (Å²) in [5, 5.41) is 0. The Labute approximate surface area is 121 Å². The highest BCUT2D eigenvalue weighted by Gasteiger charge is 2.10. The molecule has 0 fully saturated rings. The van der Waals surface area contributed by atoms with Crippen LogP contribution in [0, 0.1) is 6.92 Å². The van der Waals surface area contributed by atoms with Gasteiger partial charge in [-0.1, -0.05) is 19.9 Å². The Kier molecular flexibility index (Phi) is 4.04. The van der Waals surface area contributed by atoms with E-state index >= 15 is 0 Å². The number of nitrogens with zero attached hydrogens (tertiary/aromatic N) is 2. The van der Waals surface area contributed by atoms with E-state index in [4.69, 9.17) is 10.5 Å². The molecule has 0 spiro atoms. The third-order valence-corrected chi connectivity index (χ3v) is 3.49. The quantitative estimate of drug-likeness (QED) is 0.866. The van der Waals surface area contributed by atoms with E-state index in [0.717, 1.165) is 11.4 Å². The summed E-state index contributed by atoms with van der Waals surface area (Å²) in [6, 6.07) is 7.75. The zero-order valence-electron chi connectivity index (χ0n) is 11.1. The van der Waals surface area contributed by atoms with Gasteiger partial charge in [0.05, 0.1) is 10.2 Å². The maximum atomic E-state index is 5.81. The van der Waals surface area contributed by atoms with E-state index in [-0.39, 0.29) is 0 Å². The highest BCUT2D eigenvalue weighted by molar-refractivity contribution is 9.10. The summed E-state index contributed by atoms with van der Waals surface area (Å²) in [4.78, 5) is 8.69. The lowest BCUT2D eigenvalue weighted by Crippen LogP contribution is -2.01. The minimum atomic E-state index is 0.327. The van der Waals surface area contributed by atoms with Crippen molar-refractivity contribution in [2.75, 3.05) is 5.73 Å². The molecule has 0 amide bonds. The first-order valence-corrected chi connectivity index (χ1v) is 6.84. The number of nitrogens with two attached hydrogens (primary N) is 1. The molecule has 2 rings (SSSR count). The predicted molar refractivity (Wildman–Crippen MR) is 79.5 cm³/mol. The monoisotopic (exact) mass is 321 g/mol. The van der Waals surface area contributed by atoms with Crippen molar-refractivity contribution in [2.45, 2.75) is 26.7 Å². The van der Waals surface area contributed by atoms with Gasteiger partial charge in [0.2, 0.25) is 0 Å². The van der Waals surface area contributed by atoms with Gasteiger partial charge >= 0.3 is 6.01 Å². The number of anilines is 1. The van der Waals surface area contributed by atoms with E-state index in [2.05, 4.69) is 39.7 Å². The van der Waals surface area contributed by atoms with Crippen LogP contribution in [0.5, 0.6) is 11.8 Å². The van der Waals surface area contributed by atoms with Gasteiger partial charge < -0.3 is 10.5 Å². The Balaban J connectivity index is 2.35. The van der Waals surface area contributed by atoms with Crippen LogP contribution in [0.2, 0.25) is 0 Å². The molecular weight excluding hydrogens is 306 g/mol. The van der Waals surface area contributed by atoms with Gasteiger partial charge in [0.1, 0.15) is 5.75 Å². The Morgan fingerprint density at radius 3 is 2.68 bits per heavy atom. The normalized spacial score (nSPS) is 10.8. The van der Waals surface area contributed by atoms with E-state index in [1.165, 1.54) is 0 Å². The molecule has 2 aromatic rings. The second-order valence-electron chi connectivity index (χ2n) is 4.63. The van der Waals surface area contributed by atoms with E-state index in [1.807, 2.05) is 25.1 Å². The van der Waals surface area contributed by atoms with Crippen molar-refractivity contribution in [1.82, 2.24) is 9.97 Å². The molecule has 1 aromatic heterocycles. The zero-order valence-corrected chi connectivity index (χ0v) is 12.7. The number of halogens is 1. The number of hydrogen-bond donors (Lipinski definition) is 1. The van der Waals surface area contributed by atoms with E-state index in [1.54, 1.807) is 6.07 Å². The Morgan fingerprint density at radius 1 is 1.26 bits per heavy atom. The molecule has 0 aliphatic carbocycles. The zero-order chi connectivity index (χ0) is 14.0. The number of nitrogen functional groups attached to an aromatic ring is 1. The highest BCUT2D eigenvalue weighted by atomic mass is 79.9. The second kappa shape index (κ2) is 5.57. The molecule has 0 saturated carbocycles. The van der Waals surface area contributed by atoms with Crippen LogP contribution in [0.3, 0.4) is 0 Å². The molecule has 1 aromatic carbocycles. The van der Waals surface area contributed by atoms with Crippen molar-refractivity contribution >= 4 is 21.6 Å². The van der Waals surface area contributed by atoms with Crippen LogP contribution in [0.15, 0.2) is 28.7 Å². The first-order valence-electron chi connectivity index (χ1n) is 6.05. The minimum Gasteiger partial charge on any atom is -0.423 e. The van der Waals surface area contributed by atoms with Gasteiger partial charge in [-0.15, -0.1) is 0 Å². The molecule has 0 unspecified atom stereocenters. The maximum absolute atomic E-state index is 5.81. The number of benzene rings is 1. The number of hydrogen-bond acceptors (Lipinski definition) is 4. The fraction of sp³-hybridized carbons (Fsp3) is 0.286. The molecule has 0 saturated heterocycles. The van der Waals surface area contributed by atoms with Gasteiger partial charge in [-0.3, -0.25) is 0 Å². The lowest BCUT2D eigenvalue weighted by molar-refractivity contribution is 0.434. The summed E-state index contributed by atoms with van der Waals surface area (Å²) in [6.45, 7) is 6.10. The molecule has 0 atom stereocenters. The van der Waals surface area contributed by atoms with Crippen LogP contribution in [-0.2, 0) is 0 Å². The summed E-state index contributed by atoms with van der Waals surface area (Å²) in [5.41, 5.74) is 8.28. The van der Waals surface area contributed by atoms with Crippen LogP contribution in [0.4, 0.5) is 5.69 Å². The Morgan fingerprint density at radius 2 is 2.00 bits per heavy atom. The second-order valence-corrected chi connectivity index (χ2v) is 5.43. The number of ether oxygens (including phenoxy) is 1. The molecule has 1 heterocycles. The maximum Gasteiger partial charge on any atom is 0.322 e. The largest absolute Gasteiger partial charge is 0.423 e. The summed E-state index contributed by atoms with van der Waals surface area (Å²) < 4.78 is 6.43. The summed E-state index contributed by atoms with van der Waals surface area (Å²) >= 11 is 3.40. The summed E-state index contributed by atoms with van der Waals surface area (Å²) in [7, 11) is 0. The fourth-order valence-electron chi connectivity index (χ4n) is 1.61. The lowest BCUT2D eigenvalue weighted by Gasteiger charge is -2.11. The lowest BCUT2D eigenvalue weighted by atomic mass is 10.1. The molecule has 4 nitrogen and oxygen atoms in total. The highest BCUT2D eigenvalue weighted by Crippen LogP contribution is 2.33. The molecule has 0 radical (unpaired) electrons. The molecule has 2 N–H and O–H groups in total. The topological polar surface area (TPSA) is 61.0 Å². The van der Waals surface area contributed by atoms with Crippen LogP contribution in [0.25, 0.3) is 0 Å². The fourth-order valence-corrected chi connectivity index (χ4v) is 1.96. The van der Waals surface area contributed by atoms with Gasteiger partial charge in [-0.2, -0.15) is 4.98 Å². The van der Waals surface area contributed by atoms with Crippen molar-refractivity contribution in [3.05, 3.63) is 40.1 Å².